The quantitative estimate of drug-likeness (QED) is 0.0128. The summed E-state index contributed by atoms with van der Waals surface area (Å²) in [6.07, 6.45) is 71.6. The van der Waals surface area contributed by atoms with Crippen LogP contribution in [0.4, 0.5) is 0 Å². The Morgan fingerprint density at radius 3 is 0.857 bits per heavy atom. The molecule has 0 aliphatic heterocycles. The highest BCUT2D eigenvalue weighted by atomic mass is 31.2. The third-order valence-corrected chi connectivity index (χ3v) is 18.5. The van der Waals surface area contributed by atoms with E-state index in [4.69, 9.17) is 37.0 Å². The molecular weight excluding hydrogens is 1280 g/mol. The average molecular weight is 1430 g/mol. The van der Waals surface area contributed by atoms with Gasteiger partial charge < -0.3 is 33.8 Å². The molecule has 5 atom stereocenters. The average Bonchev–Trinajstić information content (AvgIpc) is 1.04. The molecule has 98 heavy (non-hydrogen) atoms. The fourth-order valence-corrected chi connectivity index (χ4v) is 12.2. The number of unbranched alkanes of at least 4 members (excludes halogenated alkanes) is 37. The van der Waals surface area contributed by atoms with Crippen molar-refractivity contribution < 1.29 is 80.2 Å². The zero-order valence-corrected chi connectivity index (χ0v) is 64.0. The van der Waals surface area contributed by atoms with Crippen molar-refractivity contribution in [2.75, 3.05) is 39.6 Å². The lowest BCUT2D eigenvalue weighted by molar-refractivity contribution is -0.161. The smallest absolute Gasteiger partial charge is 0.462 e. The molecule has 0 aromatic heterocycles. The van der Waals surface area contributed by atoms with Gasteiger partial charge >= 0.3 is 39.5 Å². The summed E-state index contributed by atoms with van der Waals surface area (Å²) < 4.78 is 68.5. The summed E-state index contributed by atoms with van der Waals surface area (Å²) >= 11 is 0. The lowest BCUT2D eigenvalue weighted by Crippen LogP contribution is -2.30. The number of hydrogen-bond donors (Lipinski definition) is 3. The van der Waals surface area contributed by atoms with Crippen LogP contribution in [-0.4, -0.2) is 96.7 Å². The standard InChI is InChI=1S/C79H142O17P2/c1-5-9-13-17-21-25-29-33-36-40-43-47-51-55-59-63-76(81)89-69-74(95-78(83)65-61-57-53-49-45-39-32-28-24-20-16-12-8-4)71-93-97(85,86)91-67-73(80)68-92-98(87,88)94-72-75(96-79(84)66-62-58-54-50-46-42-38-35-31-27-23-19-15-11-7-3)70-90-77(82)64-60-56-52-48-44-41-37-34-30-26-22-18-14-10-6-2/h22,26-28,31-38,73-75,80H,5-21,23-25,29-30,39-72H2,1-4H3,(H,85,86)(H,87,88)/b26-22-,31-27-,32-28-,36-33-,37-34-,38-35-/t73-,74+,75+/m0/s1. The number of carbonyl (C=O) groups excluding carboxylic acids is 4. The summed E-state index contributed by atoms with van der Waals surface area (Å²) in [4.78, 5) is 72.9. The predicted octanol–water partition coefficient (Wildman–Crippen LogP) is 22.4. The van der Waals surface area contributed by atoms with Gasteiger partial charge in [-0.1, -0.05) is 261 Å². The first-order valence-electron chi connectivity index (χ1n) is 39.2. The van der Waals surface area contributed by atoms with E-state index in [1.54, 1.807) is 0 Å². The Morgan fingerprint density at radius 2 is 0.531 bits per heavy atom. The molecule has 0 fully saturated rings. The van der Waals surface area contributed by atoms with Gasteiger partial charge in [-0.2, -0.15) is 0 Å². The summed E-state index contributed by atoms with van der Waals surface area (Å²) in [7, 11) is -9.95. The van der Waals surface area contributed by atoms with E-state index >= 15 is 0 Å². The second kappa shape index (κ2) is 71.9. The van der Waals surface area contributed by atoms with Gasteiger partial charge in [0.05, 0.1) is 26.4 Å². The largest absolute Gasteiger partial charge is 0.472 e. The van der Waals surface area contributed by atoms with Crippen molar-refractivity contribution in [2.45, 2.75) is 367 Å². The topological polar surface area (TPSA) is 237 Å². The second-order valence-electron chi connectivity index (χ2n) is 26.3. The maximum Gasteiger partial charge on any atom is 0.472 e. The monoisotopic (exact) mass is 1420 g/mol. The van der Waals surface area contributed by atoms with Gasteiger partial charge in [-0.15, -0.1) is 0 Å². The Hall–Kier alpha value is -3.50. The molecule has 0 rings (SSSR count). The van der Waals surface area contributed by atoms with Crippen LogP contribution in [0.15, 0.2) is 72.9 Å². The Kier molecular flexibility index (Phi) is 69.3. The lowest BCUT2D eigenvalue weighted by atomic mass is 10.1. The molecule has 0 aliphatic carbocycles. The number of ether oxygens (including phenoxy) is 4. The van der Waals surface area contributed by atoms with Crippen molar-refractivity contribution in [3.05, 3.63) is 72.9 Å². The van der Waals surface area contributed by atoms with Crippen LogP contribution in [-0.2, 0) is 65.4 Å². The first-order valence-corrected chi connectivity index (χ1v) is 42.2. The van der Waals surface area contributed by atoms with Crippen LogP contribution in [0.2, 0.25) is 0 Å². The van der Waals surface area contributed by atoms with Crippen LogP contribution in [0.3, 0.4) is 0 Å². The van der Waals surface area contributed by atoms with Gasteiger partial charge in [-0.3, -0.25) is 37.3 Å². The van der Waals surface area contributed by atoms with E-state index in [1.807, 2.05) is 0 Å². The first-order chi connectivity index (χ1) is 47.7. The SMILES string of the molecule is CCCCC/C=C\C/C=C\CCCCCCCC(=O)OC[C@H](COP(=O)(O)OC[C@@H](O)COP(=O)(O)OC[C@@H](COC(=O)CCCCCCC/C=C\CCCCCCCC)OC(=O)CCCCCCC/C=C\CCCCCC)OC(=O)CCCCCCC/C=C\C=C/CCCCCC. The van der Waals surface area contributed by atoms with Crippen LogP contribution in [0.5, 0.6) is 0 Å². The Labute approximate surface area is 596 Å². The summed E-state index contributed by atoms with van der Waals surface area (Å²) in [6, 6.07) is 0. The molecule has 0 saturated heterocycles. The molecule has 0 bridgehead atoms. The third-order valence-electron chi connectivity index (χ3n) is 16.6. The fourth-order valence-electron chi connectivity index (χ4n) is 10.6. The van der Waals surface area contributed by atoms with Crippen LogP contribution in [0.25, 0.3) is 0 Å². The lowest BCUT2D eigenvalue weighted by Gasteiger charge is -2.21. The van der Waals surface area contributed by atoms with Gasteiger partial charge in [0.2, 0.25) is 0 Å². The Balaban J connectivity index is 5.36. The minimum atomic E-state index is -4.98. The van der Waals surface area contributed by atoms with Crippen LogP contribution in [0, 0.1) is 0 Å². The number of hydrogen-bond acceptors (Lipinski definition) is 15. The molecule has 3 N–H and O–H groups in total. The van der Waals surface area contributed by atoms with Gasteiger partial charge in [0.1, 0.15) is 19.3 Å². The van der Waals surface area contributed by atoms with Crippen molar-refractivity contribution >= 4 is 39.5 Å². The minimum Gasteiger partial charge on any atom is -0.462 e. The molecule has 0 amide bonds. The number of carbonyl (C=O) groups is 4. The van der Waals surface area contributed by atoms with Crippen molar-refractivity contribution in [3.63, 3.8) is 0 Å². The molecule has 0 aromatic carbocycles. The normalized spacial score (nSPS) is 14.3. The van der Waals surface area contributed by atoms with Crippen LogP contribution >= 0.6 is 15.6 Å². The number of rotatable bonds is 74. The highest BCUT2D eigenvalue weighted by Gasteiger charge is 2.30. The van der Waals surface area contributed by atoms with E-state index in [0.29, 0.717) is 25.7 Å². The molecule has 0 saturated carbocycles. The van der Waals surface area contributed by atoms with Gasteiger partial charge in [0.25, 0.3) is 0 Å². The predicted molar refractivity (Wildman–Crippen MR) is 400 cm³/mol. The summed E-state index contributed by atoms with van der Waals surface area (Å²) in [5.41, 5.74) is 0. The van der Waals surface area contributed by atoms with Crippen molar-refractivity contribution in [2.24, 2.45) is 0 Å². The molecule has 0 spiro atoms. The zero-order chi connectivity index (χ0) is 71.8. The zero-order valence-electron chi connectivity index (χ0n) is 62.2. The van der Waals surface area contributed by atoms with E-state index < -0.39 is 97.5 Å². The number of aliphatic hydroxyl groups is 1. The number of allylic oxidation sites excluding steroid dienone is 12. The number of phosphoric ester groups is 2. The number of phosphoric acid groups is 2. The fraction of sp³-hybridized carbons (Fsp3) is 0.797. The van der Waals surface area contributed by atoms with Crippen molar-refractivity contribution in [1.82, 2.24) is 0 Å². The molecule has 0 heterocycles. The van der Waals surface area contributed by atoms with Crippen LogP contribution < -0.4 is 0 Å². The van der Waals surface area contributed by atoms with Crippen molar-refractivity contribution in [3.8, 4) is 0 Å². The molecule has 0 aromatic rings. The maximum absolute atomic E-state index is 13.1. The van der Waals surface area contributed by atoms with Gasteiger partial charge in [0.15, 0.2) is 12.2 Å². The molecule has 2 unspecified atom stereocenters. The summed E-state index contributed by atoms with van der Waals surface area (Å²) in [5.74, 6) is -2.20. The minimum absolute atomic E-state index is 0.0763. The van der Waals surface area contributed by atoms with Gasteiger partial charge in [-0.25, -0.2) is 9.13 Å². The van der Waals surface area contributed by atoms with E-state index in [9.17, 15) is 43.2 Å². The van der Waals surface area contributed by atoms with Gasteiger partial charge in [0, 0.05) is 25.7 Å². The van der Waals surface area contributed by atoms with Crippen molar-refractivity contribution in [1.29, 1.82) is 0 Å². The Bertz CT molecular complexity index is 2140. The van der Waals surface area contributed by atoms with Crippen LogP contribution in [0.1, 0.15) is 349 Å². The third kappa shape index (κ3) is 70.9. The molecular formula is C79H142O17P2. The maximum atomic E-state index is 13.1. The van der Waals surface area contributed by atoms with E-state index in [-0.39, 0.29) is 25.7 Å². The summed E-state index contributed by atoms with van der Waals surface area (Å²) in [5, 5.41) is 10.6. The second-order valence-corrected chi connectivity index (χ2v) is 29.2. The highest BCUT2D eigenvalue weighted by Crippen LogP contribution is 2.45. The van der Waals surface area contributed by atoms with E-state index in [0.717, 1.165) is 161 Å². The molecule has 0 aliphatic rings. The number of esters is 4. The molecule has 0 radical (unpaired) electrons. The Morgan fingerprint density at radius 1 is 0.296 bits per heavy atom. The first kappa shape index (κ1) is 94.5. The van der Waals surface area contributed by atoms with Gasteiger partial charge in [-0.05, 0) is 135 Å². The molecule has 19 heteroatoms. The van der Waals surface area contributed by atoms with E-state index in [2.05, 4.69) is 101 Å². The highest BCUT2D eigenvalue weighted by molar-refractivity contribution is 7.47. The number of aliphatic hydroxyl groups excluding tert-OH is 1. The van der Waals surface area contributed by atoms with E-state index in [1.165, 1.54) is 109 Å². The molecule has 17 nitrogen and oxygen atoms in total. The molecule has 570 valence electrons. The summed E-state index contributed by atoms with van der Waals surface area (Å²) in [6.45, 7) is 4.80.